The molecule has 88 valence electrons. The van der Waals surface area contributed by atoms with Gasteiger partial charge in [-0.3, -0.25) is 0 Å². The minimum Gasteiger partial charge on any atom is -0.479 e. The van der Waals surface area contributed by atoms with Crippen molar-refractivity contribution in [2.24, 2.45) is 0 Å². The van der Waals surface area contributed by atoms with E-state index in [4.69, 9.17) is 9.84 Å². The van der Waals surface area contributed by atoms with Crippen LogP contribution in [0.1, 0.15) is 6.92 Å². The van der Waals surface area contributed by atoms with Crippen LogP contribution in [0.2, 0.25) is 0 Å². The van der Waals surface area contributed by atoms with E-state index < -0.39 is 22.3 Å². The first-order chi connectivity index (χ1) is 6.97. The SMILES string of the molecule is CCNS(=O)(=O)N1CCOC(C(=O)O)C1. The Morgan fingerprint density at radius 2 is 2.33 bits per heavy atom. The zero-order chi connectivity index (χ0) is 11.5. The fourth-order valence-corrected chi connectivity index (χ4v) is 2.46. The molecule has 0 saturated carbocycles. The van der Waals surface area contributed by atoms with E-state index in [2.05, 4.69) is 4.72 Å². The van der Waals surface area contributed by atoms with Crippen LogP contribution in [-0.2, 0) is 19.7 Å². The summed E-state index contributed by atoms with van der Waals surface area (Å²) in [6.07, 6.45) is -1.08. The predicted octanol–water partition coefficient (Wildman–Crippen LogP) is -1.37. The van der Waals surface area contributed by atoms with E-state index in [1.165, 1.54) is 0 Å². The van der Waals surface area contributed by atoms with Gasteiger partial charge in [0.15, 0.2) is 6.10 Å². The topological polar surface area (TPSA) is 95.9 Å². The highest BCUT2D eigenvalue weighted by molar-refractivity contribution is 7.87. The Hall–Kier alpha value is -0.700. The summed E-state index contributed by atoms with van der Waals surface area (Å²) in [5, 5.41) is 8.68. The van der Waals surface area contributed by atoms with Gasteiger partial charge in [0, 0.05) is 13.1 Å². The molecule has 8 heteroatoms. The maximum atomic E-state index is 11.5. The summed E-state index contributed by atoms with van der Waals surface area (Å²) in [4.78, 5) is 10.6. The van der Waals surface area contributed by atoms with E-state index in [1.54, 1.807) is 6.92 Å². The first kappa shape index (κ1) is 12.4. The van der Waals surface area contributed by atoms with Crippen molar-refractivity contribution in [2.75, 3.05) is 26.2 Å². The van der Waals surface area contributed by atoms with Crippen LogP contribution in [0.4, 0.5) is 0 Å². The molecule has 0 bridgehead atoms. The molecule has 0 aromatic rings. The van der Waals surface area contributed by atoms with Gasteiger partial charge >= 0.3 is 5.97 Å². The molecule has 2 N–H and O–H groups in total. The minimum atomic E-state index is -3.56. The predicted molar refractivity (Wildman–Crippen MR) is 51.5 cm³/mol. The van der Waals surface area contributed by atoms with Gasteiger partial charge < -0.3 is 9.84 Å². The molecule has 1 rings (SSSR count). The van der Waals surface area contributed by atoms with E-state index in [0.29, 0.717) is 0 Å². The number of morpholine rings is 1. The van der Waals surface area contributed by atoms with Crippen LogP contribution >= 0.6 is 0 Å². The van der Waals surface area contributed by atoms with Crippen LogP contribution < -0.4 is 4.72 Å². The molecule has 7 nitrogen and oxygen atoms in total. The van der Waals surface area contributed by atoms with Gasteiger partial charge in [0.25, 0.3) is 10.2 Å². The summed E-state index contributed by atoms with van der Waals surface area (Å²) in [5.74, 6) is -1.15. The van der Waals surface area contributed by atoms with Gasteiger partial charge in [-0.05, 0) is 0 Å². The number of ether oxygens (including phenoxy) is 1. The Morgan fingerprint density at radius 1 is 1.67 bits per heavy atom. The maximum Gasteiger partial charge on any atom is 0.334 e. The molecular formula is C7H14N2O5S. The first-order valence-electron chi connectivity index (χ1n) is 4.56. The third-order valence-electron chi connectivity index (χ3n) is 1.97. The number of nitrogens with zero attached hydrogens (tertiary/aromatic N) is 1. The normalized spacial score (nSPS) is 23.9. The van der Waals surface area contributed by atoms with Crippen molar-refractivity contribution >= 4 is 16.2 Å². The molecule has 0 aliphatic carbocycles. The lowest BCUT2D eigenvalue weighted by Gasteiger charge is -2.29. The molecule has 0 spiro atoms. The third kappa shape index (κ3) is 3.13. The molecule has 0 aromatic carbocycles. The summed E-state index contributed by atoms with van der Waals surface area (Å²) >= 11 is 0. The molecular weight excluding hydrogens is 224 g/mol. The molecule has 1 fully saturated rings. The monoisotopic (exact) mass is 238 g/mol. The van der Waals surface area contributed by atoms with Gasteiger partial charge in [-0.25, -0.2) is 9.52 Å². The van der Waals surface area contributed by atoms with Crippen molar-refractivity contribution in [1.29, 1.82) is 0 Å². The zero-order valence-electron chi connectivity index (χ0n) is 8.34. The highest BCUT2D eigenvalue weighted by atomic mass is 32.2. The smallest absolute Gasteiger partial charge is 0.334 e. The number of aliphatic carboxylic acids is 1. The number of carbonyl (C=O) groups is 1. The summed E-state index contributed by atoms with van der Waals surface area (Å²) in [6, 6.07) is 0. The van der Waals surface area contributed by atoms with Crippen molar-refractivity contribution in [3.05, 3.63) is 0 Å². The average molecular weight is 238 g/mol. The van der Waals surface area contributed by atoms with E-state index in [0.717, 1.165) is 4.31 Å². The number of rotatable bonds is 4. The first-order valence-corrected chi connectivity index (χ1v) is 6.00. The molecule has 1 aliphatic rings. The molecule has 1 atom stereocenters. The van der Waals surface area contributed by atoms with Gasteiger partial charge in [-0.15, -0.1) is 0 Å². The Morgan fingerprint density at radius 3 is 2.87 bits per heavy atom. The van der Waals surface area contributed by atoms with Gasteiger partial charge in [-0.2, -0.15) is 12.7 Å². The summed E-state index contributed by atoms with van der Waals surface area (Å²) in [7, 11) is -3.56. The van der Waals surface area contributed by atoms with Crippen molar-refractivity contribution < 1.29 is 23.1 Å². The number of nitrogens with one attached hydrogen (secondary N) is 1. The van der Waals surface area contributed by atoms with Crippen LogP contribution in [0.15, 0.2) is 0 Å². The summed E-state index contributed by atoms with van der Waals surface area (Å²) in [6.45, 7) is 2.06. The molecule has 1 aliphatic heterocycles. The van der Waals surface area contributed by atoms with E-state index in [1.807, 2.05) is 0 Å². The number of hydrogen-bond acceptors (Lipinski definition) is 4. The second-order valence-electron chi connectivity index (χ2n) is 3.06. The van der Waals surface area contributed by atoms with Crippen LogP contribution in [0.25, 0.3) is 0 Å². The van der Waals surface area contributed by atoms with Crippen LogP contribution in [-0.4, -0.2) is 56.1 Å². The molecule has 1 unspecified atom stereocenters. The van der Waals surface area contributed by atoms with Crippen molar-refractivity contribution in [3.63, 3.8) is 0 Å². The van der Waals surface area contributed by atoms with Crippen molar-refractivity contribution in [2.45, 2.75) is 13.0 Å². The van der Waals surface area contributed by atoms with Crippen LogP contribution in [0, 0.1) is 0 Å². The lowest BCUT2D eigenvalue weighted by atomic mass is 10.3. The van der Waals surface area contributed by atoms with Gasteiger partial charge in [0.1, 0.15) is 0 Å². The number of carboxylic acids is 1. The van der Waals surface area contributed by atoms with Crippen LogP contribution in [0.3, 0.4) is 0 Å². The van der Waals surface area contributed by atoms with E-state index in [-0.39, 0.29) is 26.2 Å². The molecule has 0 aromatic heterocycles. The molecule has 0 radical (unpaired) electrons. The van der Waals surface area contributed by atoms with Gasteiger partial charge in [-0.1, -0.05) is 6.92 Å². The quantitative estimate of drug-likeness (QED) is 0.629. The summed E-state index contributed by atoms with van der Waals surface area (Å²) in [5.41, 5.74) is 0. The van der Waals surface area contributed by atoms with Crippen molar-refractivity contribution in [3.8, 4) is 0 Å². The Labute approximate surface area is 88.2 Å². The van der Waals surface area contributed by atoms with Crippen LogP contribution in [0.5, 0.6) is 0 Å². The lowest BCUT2D eigenvalue weighted by Crippen LogP contribution is -2.51. The van der Waals surface area contributed by atoms with Crippen molar-refractivity contribution in [1.82, 2.24) is 9.03 Å². The highest BCUT2D eigenvalue weighted by Gasteiger charge is 2.32. The lowest BCUT2D eigenvalue weighted by molar-refractivity contribution is -0.153. The second-order valence-corrected chi connectivity index (χ2v) is 4.81. The Balaban J connectivity index is 2.67. The number of carboxylic acid groups (broad SMARTS) is 1. The second kappa shape index (κ2) is 4.88. The molecule has 1 saturated heterocycles. The highest BCUT2D eigenvalue weighted by Crippen LogP contribution is 2.08. The minimum absolute atomic E-state index is 0.0988. The largest absolute Gasteiger partial charge is 0.479 e. The van der Waals surface area contributed by atoms with E-state index in [9.17, 15) is 13.2 Å². The fourth-order valence-electron chi connectivity index (χ4n) is 1.27. The Kier molecular flexibility index (Phi) is 4.03. The zero-order valence-corrected chi connectivity index (χ0v) is 9.16. The van der Waals surface area contributed by atoms with Gasteiger partial charge in [0.2, 0.25) is 0 Å². The third-order valence-corrected chi connectivity index (χ3v) is 3.64. The molecule has 0 amide bonds. The fraction of sp³-hybridized carbons (Fsp3) is 0.857. The average Bonchev–Trinajstić information content (AvgIpc) is 2.18. The summed E-state index contributed by atoms with van der Waals surface area (Å²) < 4.78 is 31.3. The molecule has 1 heterocycles. The van der Waals surface area contributed by atoms with E-state index >= 15 is 0 Å². The van der Waals surface area contributed by atoms with Gasteiger partial charge in [0.05, 0.1) is 13.2 Å². The number of hydrogen-bond donors (Lipinski definition) is 2. The maximum absolute atomic E-state index is 11.5. The standard InChI is InChI=1S/C7H14N2O5S/c1-2-8-15(12,13)9-3-4-14-6(5-9)7(10)11/h6,8H,2-5H2,1H3,(H,10,11). The Bertz CT molecular complexity index is 328. The molecule has 15 heavy (non-hydrogen) atoms.